The van der Waals surface area contributed by atoms with E-state index in [0.717, 1.165) is 12.1 Å². The van der Waals surface area contributed by atoms with Gasteiger partial charge in [0.2, 0.25) is 0 Å². The van der Waals surface area contributed by atoms with E-state index in [1.54, 1.807) is 25.1 Å². The topological polar surface area (TPSA) is 55.8 Å². The molecule has 0 atom stereocenters. The summed E-state index contributed by atoms with van der Waals surface area (Å²) in [5.41, 5.74) is 1.27. The van der Waals surface area contributed by atoms with Gasteiger partial charge >= 0.3 is 5.97 Å². The lowest BCUT2D eigenvalue weighted by molar-refractivity contribution is -0.131. The summed E-state index contributed by atoms with van der Waals surface area (Å²) >= 11 is 6.16. The number of benzene rings is 1. The number of carboxylic acid groups (broad SMARTS) is 1. The lowest BCUT2D eigenvalue weighted by Gasteiger charge is -2.15. The van der Waals surface area contributed by atoms with Gasteiger partial charge in [-0.25, -0.2) is 4.79 Å². The maximum atomic E-state index is 10.7. The molecule has 0 spiro atoms. The van der Waals surface area contributed by atoms with Crippen molar-refractivity contribution < 1.29 is 19.4 Å². The summed E-state index contributed by atoms with van der Waals surface area (Å²) in [6.45, 7) is 9.47. The minimum atomic E-state index is -1.08. The van der Waals surface area contributed by atoms with Crippen LogP contribution in [0.25, 0.3) is 5.57 Å². The Morgan fingerprint density at radius 1 is 1.36 bits per heavy atom. The Hall–Kier alpha value is -1.30. The molecule has 0 saturated carbocycles. The number of hydrogen-bond donors (Lipinski definition) is 1. The summed E-state index contributed by atoms with van der Waals surface area (Å²) in [5, 5.41) is 9.21. The standard InChI is InChI=1S/C16H23ClO4Si/c1-12(9-16(18)19)14-6-5-13(10-15(14)17)21-11-20-7-8-22(2,3)4/h5-6,9-10H,7-8,11H2,1-4H3,(H,18,19). The fourth-order valence-corrected chi connectivity index (χ4v) is 2.79. The monoisotopic (exact) mass is 342 g/mol. The number of ether oxygens (including phenoxy) is 2. The van der Waals surface area contributed by atoms with Crippen LogP contribution in [-0.2, 0) is 9.53 Å². The average molecular weight is 343 g/mol. The molecule has 1 N–H and O–H groups in total. The molecule has 0 unspecified atom stereocenters. The fourth-order valence-electron chi connectivity index (χ4n) is 1.72. The molecule has 0 heterocycles. The summed E-state index contributed by atoms with van der Waals surface area (Å²) < 4.78 is 11.0. The summed E-state index contributed by atoms with van der Waals surface area (Å²) in [7, 11) is -1.08. The lowest BCUT2D eigenvalue weighted by Crippen LogP contribution is -2.22. The van der Waals surface area contributed by atoms with Crippen molar-refractivity contribution in [1.29, 1.82) is 0 Å². The van der Waals surface area contributed by atoms with Crippen molar-refractivity contribution in [2.24, 2.45) is 0 Å². The van der Waals surface area contributed by atoms with Gasteiger partial charge in [-0.15, -0.1) is 0 Å². The van der Waals surface area contributed by atoms with Crippen LogP contribution in [0.5, 0.6) is 5.75 Å². The van der Waals surface area contributed by atoms with Gasteiger partial charge in [-0.2, -0.15) is 0 Å². The van der Waals surface area contributed by atoms with Gasteiger partial charge in [-0.05, 0) is 42.3 Å². The zero-order valence-corrected chi connectivity index (χ0v) is 15.2. The van der Waals surface area contributed by atoms with Crippen LogP contribution in [0, 0.1) is 0 Å². The second-order valence-corrected chi connectivity index (χ2v) is 12.3. The van der Waals surface area contributed by atoms with E-state index < -0.39 is 14.0 Å². The number of rotatable bonds is 8. The summed E-state index contributed by atoms with van der Waals surface area (Å²) in [5.74, 6) is -0.394. The highest BCUT2D eigenvalue weighted by Gasteiger charge is 2.12. The second-order valence-electron chi connectivity index (χ2n) is 6.29. The molecular formula is C16H23ClO4Si. The molecule has 0 aliphatic heterocycles. The van der Waals surface area contributed by atoms with Crippen molar-refractivity contribution in [3.05, 3.63) is 34.9 Å². The first-order chi connectivity index (χ1) is 10.2. The minimum Gasteiger partial charge on any atom is -0.478 e. The van der Waals surface area contributed by atoms with E-state index in [1.807, 2.05) is 0 Å². The number of allylic oxidation sites excluding steroid dienone is 1. The van der Waals surface area contributed by atoms with Gasteiger partial charge < -0.3 is 14.6 Å². The second kappa shape index (κ2) is 8.36. The van der Waals surface area contributed by atoms with E-state index >= 15 is 0 Å². The molecule has 1 rings (SSSR count). The molecule has 4 nitrogen and oxygen atoms in total. The Morgan fingerprint density at radius 2 is 2.05 bits per heavy atom. The molecule has 22 heavy (non-hydrogen) atoms. The molecule has 0 saturated heterocycles. The molecule has 0 amide bonds. The van der Waals surface area contributed by atoms with Crippen LogP contribution in [0.1, 0.15) is 12.5 Å². The molecule has 0 bridgehead atoms. The molecule has 0 aromatic heterocycles. The third-order valence-corrected chi connectivity index (χ3v) is 5.03. The number of hydrogen-bond acceptors (Lipinski definition) is 3. The van der Waals surface area contributed by atoms with Crippen molar-refractivity contribution in [2.45, 2.75) is 32.6 Å². The molecular weight excluding hydrogens is 320 g/mol. The quantitative estimate of drug-likeness (QED) is 0.326. The van der Waals surface area contributed by atoms with Gasteiger partial charge in [0.15, 0.2) is 6.79 Å². The smallest absolute Gasteiger partial charge is 0.328 e. The predicted molar refractivity (Wildman–Crippen MR) is 92.3 cm³/mol. The van der Waals surface area contributed by atoms with E-state index in [2.05, 4.69) is 19.6 Å². The van der Waals surface area contributed by atoms with Gasteiger partial charge in [0, 0.05) is 20.8 Å². The predicted octanol–water partition coefficient (Wildman–Crippen LogP) is 4.52. The highest BCUT2D eigenvalue weighted by atomic mass is 35.5. The highest BCUT2D eigenvalue weighted by molar-refractivity contribution is 6.76. The zero-order valence-electron chi connectivity index (χ0n) is 13.5. The first kappa shape index (κ1) is 18.7. The van der Waals surface area contributed by atoms with Crippen LogP contribution in [0.15, 0.2) is 24.3 Å². The maximum Gasteiger partial charge on any atom is 0.328 e. The van der Waals surface area contributed by atoms with Gasteiger partial charge in [0.25, 0.3) is 0 Å². The Kier molecular flexibility index (Phi) is 7.12. The zero-order chi connectivity index (χ0) is 16.8. The molecule has 0 aliphatic carbocycles. The Bertz CT molecular complexity index is 550. The molecule has 0 aliphatic rings. The number of halogens is 1. The molecule has 0 radical (unpaired) electrons. The van der Waals surface area contributed by atoms with E-state index in [9.17, 15) is 4.79 Å². The molecule has 1 aromatic carbocycles. The maximum absolute atomic E-state index is 10.7. The van der Waals surface area contributed by atoms with Crippen molar-refractivity contribution in [1.82, 2.24) is 0 Å². The fraction of sp³-hybridized carbons (Fsp3) is 0.438. The first-order valence-corrected chi connectivity index (χ1v) is 11.2. The van der Waals surface area contributed by atoms with Crippen LogP contribution >= 0.6 is 11.6 Å². The van der Waals surface area contributed by atoms with Crippen LogP contribution < -0.4 is 4.74 Å². The Morgan fingerprint density at radius 3 is 2.59 bits per heavy atom. The van der Waals surface area contributed by atoms with Crippen molar-refractivity contribution in [2.75, 3.05) is 13.4 Å². The van der Waals surface area contributed by atoms with Crippen LogP contribution in [0.4, 0.5) is 0 Å². The van der Waals surface area contributed by atoms with E-state index in [1.165, 1.54) is 0 Å². The summed E-state index contributed by atoms with van der Waals surface area (Å²) in [6, 6.07) is 6.25. The third kappa shape index (κ3) is 7.11. The van der Waals surface area contributed by atoms with Gasteiger partial charge in [0.1, 0.15) is 5.75 Å². The van der Waals surface area contributed by atoms with Crippen molar-refractivity contribution in [3.63, 3.8) is 0 Å². The summed E-state index contributed by atoms with van der Waals surface area (Å²) in [4.78, 5) is 10.7. The van der Waals surface area contributed by atoms with E-state index in [4.69, 9.17) is 26.2 Å². The SMILES string of the molecule is CC(=CC(=O)O)c1ccc(OCOCC[Si](C)(C)C)cc1Cl. The van der Waals surface area contributed by atoms with E-state index in [0.29, 0.717) is 28.5 Å². The van der Waals surface area contributed by atoms with Gasteiger partial charge in [-0.1, -0.05) is 31.2 Å². The molecule has 0 fully saturated rings. The molecule has 122 valence electrons. The van der Waals surface area contributed by atoms with Crippen LogP contribution in [-0.4, -0.2) is 32.5 Å². The highest BCUT2D eigenvalue weighted by Crippen LogP contribution is 2.27. The number of aliphatic carboxylic acids is 1. The number of carboxylic acids is 1. The molecule has 6 heteroatoms. The Balaban J connectivity index is 2.54. The summed E-state index contributed by atoms with van der Waals surface area (Å²) in [6.07, 6.45) is 1.13. The Labute approximate surface area is 137 Å². The van der Waals surface area contributed by atoms with Gasteiger partial charge in [-0.3, -0.25) is 0 Å². The lowest BCUT2D eigenvalue weighted by atomic mass is 10.1. The molecule has 1 aromatic rings. The average Bonchev–Trinajstić information content (AvgIpc) is 2.36. The normalized spacial score (nSPS) is 12.3. The van der Waals surface area contributed by atoms with Gasteiger partial charge in [0.05, 0.1) is 5.02 Å². The third-order valence-electron chi connectivity index (χ3n) is 3.01. The number of carbonyl (C=O) groups is 1. The van der Waals surface area contributed by atoms with Crippen LogP contribution in [0.3, 0.4) is 0 Å². The minimum absolute atomic E-state index is 0.185. The van der Waals surface area contributed by atoms with E-state index in [-0.39, 0.29) is 6.79 Å². The van der Waals surface area contributed by atoms with Crippen molar-refractivity contribution in [3.8, 4) is 5.75 Å². The largest absolute Gasteiger partial charge is 0.478 e. The van der Waals surface area contributed by atoms with Crippen LogP contribution in [0.2, 0.25) is 30.7 Å². The first-order valence-electron chi connectivity index (χ1n) is 7.11. The van der Waals surface area contributed by atoms with Crippen molar-refractivity contribution >= 4 is 31.2 Å².